The van der Waals surface area contributed by atoms with Crippen molar-refractivity contribution in [1.82, 2.24) is 14.7 Å². The molecule has 3 rings (SSSR count). The van der Waals surface area contributed by atoms with Gasteiger partial charge < -0.3 is 9.64 Å². The molecule has 1 aromatic heterocycles. The van der Waals surface area contributed by atoms with Gasteiger partial charge in [-0.3, -0.25) is 0 Å². The number of halogens is 1. The van der Waals surface area contributed by atoms with Crippen molar-refractivity contribution in [3.63, 3.8) is 0 Å². The van der Waals surface area contributed by atoms with Crippen LogP contribution in [0.5, 0.6) is 5.88 Å². The Bertz CT molecular complexity index is 831. The molecule has 1 atom stereocenters. The number of aromatic nitrogens is 2. The van der Waals surface area contributed by atoms with Crippen LogP contribution < -0.4 is 14.4 Å². The van der Waals surface area contributed by atoms with Crippen LogP contribution in [0, 0.1) is 5.82 Å². The van der Waals surface area contributed by atoms with Crippen LogP contribution in [-0.2, 0) is 10.0 Å². The molecule has 1 aromatic carbocycles. The van der Waals surface area contributed by atoms with Gasteiger partial charge in [0.15, 0.2) is 5.82 Å². The number of nitrogens with one attached hydrogen (secondary N) is 1. The number of hydrogen-bond acceptors (Lipinski definition) is 6. The highest BCUT2D eigenvalue weighted by molar-refractivity contribution is 7.89. The molecule has 1 saturated heterocycles. The van der Waals surface area contributed by atoms with Gasteiger partial charge >= 0.3 is 0 Å². The van der Waals surface area contributed by atoms with Crippen molar-refractivity contribution in [1.29, 1.82) is 0 Å². The van der Waals surface area contributed by atoms with Crippen molar-refractivity contribution in [2.24, 2.45) is 0 Å². The molecule has 0 radical (unpaired) electrons. The maximum Gasteiger partial charge on any atom is 0.257 e. The quantitative estimate of drug-likeness (QED) is 0.870. The third-order valence-electron chi connectivity index (χ3n) is 3.76. The highest BCUT2D eigenvalue weighted by Gasteiger charge is 2.29. The van der Waals surface area contributed by atoms with Crippen LogP contribution in [0.1, 0.15) is 6.42 Å². The Balaban J connectivity index is 1.72. The van der Waals surface area contributed by atoms with Gasteiger partial charge in [0.25, 0.3) is 5.88 Å². The third-order valence-corrected chi connectivity index (χ3v) is 5.27. The molecule has 0 saturated carbocycles. The van der Waals surface area contributed by atoms with Gasteiger partial charge in [-0.2, -0.15) is 0 Å². The van der Waals surface area contributed by atoms with Gasteiger partial charge in [0, 0.05) is 31.5 Å². The first kappa shape index (κ1) is 16.6. The first-order chi connectivity index (χ1) is 11.5. The fourth-order valence-electron chi connectivity index (χ4n) is 2.65. The number of nitrogens with zero attached hydrogens (tertiary/aromatic N) is 3. The van der Waals surface area contributed by atoms with E-state index in [0.29, 0.717) is 31.2 Å². The average Bonchev–Trinajstić information content (AvgIpc) is 3.02. The molecule has 1 aliphatic heterocycles. The molecule has 128 valence electrons. The van der Waals surface area contributed by atoms with E-state index >= 15 is 0 Å². The van der Waals surface area contributed by atoms with Crippen molar-refractivity contribution < 1.29 is 17.5 Å². The Kier molecular flexibility index (Phi) is 4.63. The lowest BCUT2D eigenvalue weighted by Gasteiger charge is -2.19. The normalized spacial score (nSPS) is 17.9. The zero-order valence-corrected chi connectivity index (χ0v) is 13.8. The molecule has 1 N–H and O–H groups in total. The van der Waals surface area contributed by atoms with E-state index in [2.05, 4.69) is 14.7 Å². The van der Waals surface area contributed by atoms with Gasteiger partial charge in [0.1, 0.15) is 5.82 Å². The lowest BCUT2D eigenvalue weighted by atomic mass is 10.3. The van der Waals surface area contributed by atoms with Crippen molar-refractivity contribution in [2.75, 3.05) is 25.1 Å². The van der Waals surface area contributed by atoms with Gasteiger partial charge in [-0.05, 0) is 24.6 Å². The van der Waals surface area contributed by atoms with Gasteiger partial charge in [-0.25, -0.2) is 27.5 Å². The zero-order chi connectivity index (χ0) is 17.2. The molecule has 0 amide bonds. The average molecular weight is 352 g/mol. The van der Waals surface area contributed by atoms with Gasteiger partial charge in [0.05, 0.1) is 12.0 Å². The van der Waals surface area contributed by atoms with E-state index in [1.165, 1.54) is 31.5 Å². The monoisotopic (exact) mass is 352 g/mol. The van der Waals surface area contributed by atoms with Crippen LogP contribution in [0.4, 0.5) is 10.2 Å². The predicted octanol–water partition coefficient (Wildman–Crippen LogP) is 1.18. The number of anilines is 1. The molecule has 0 bridgehead atoms. The second-order valence-corrected chi connectivity index (χ2v) is 7.11. The summed E-state index contributed by atoms with van der Waals surface area (Å²) < 4.78 is 45.8. The second-order valence-electron chi connectivity index (χ2n) is 5.40. The van der Waals surface area contributed by atoms with E-state index in [4.69, 9.17) is 4.74 Å². The molecule has 7 nitrogen and oxygen atoms in total. The van der Waals surface area contributed by atoms with Crippen LogP contribution in [0.2, 0.25) is 0 Å². The Morgan fingerprint density at radius 2 is 2.12 bits per heavy atom. The summed E-state index contributed by atoms with van der Waals surface area (Å²) in [7, 11) is -2.26. The number of rotatable bonds is 5. The largest absolute Gasteiger partial charge is 0.478 e. The first-order valence-electron chi connectivity index (χ1n) is 7.37. The Morgan fingerprint density at radius 1 is 1.33 bits per heavy atom. The number of ether oxygens (including phenoxy) is 1. The van der Waals surface area contributed by atoms with Crippen LogP contribution in [0.3, 0.4) is 0 Å². The standard InChI is InChI=1S/C15H17FN4O3S/c1-23-15-14(17-6-7-18-15)20-8-5-12(10-20)19-24(21,22)13-4-2-3-11(16)9-13/h2-4,6-7,9,12,19H,5,8,10H2,1H3/t12-/m1/s1. The van der Waals surface area contributed by atoms with Crippen molar-refractivity contribution in [3.8, 4) is 5.88 Å². The molecule has 1 aliphatic rings. The lowest BCUT2D eigenvalue weighted by Crippen LogP contribution is -2.37. The van der Waals surface area contributed by atoms with E-state index < -0.39 is 15.8 Å². The third kappa shape index (κ3) is 3.46. The molecular weight excluding hydrogens is 335 g/mol. The van der Waals surface area contributed by atoms with E-state index in [-0.39, 0.29) is 10.9 Å². The number of sulfonamides is 1. The van der Waals surface area contributed by atoms with E-state index in [9.17, 15) is 12.8 Å². The number of benzene rings is 1. The minimum absolute atomic E-state index is 0.0852. The minimum Gasteiger partial charge on any atom is -0.478 e. The maximum atomic E-state index is 13.2. The smallest absolute Gasteiger partial charge is 0.257 e. The molecule has 0 unspecified atom stereocenters. The van der Waals surface area contributed by atoms with Crippen LogP contribution in [-0.4, -0.2) is 44.6 Å². The van der Waals surface area contributed by atoms with Crippen molar-refractivity contribution >= 4 is 15.8 Å². The fourth-order valence-corrected chi connectivity index (χ4v) is 3.94. The van der Waals surface area contributed by atoms with Crippen molar-refractivity contribution in [2.45, 2.75) is 17.4 Å². The molecule has 1 fully saturated rings. The van der Waals surface area contributed by atoms with Crippen molar-refractivity contribution in [3.05, 3.63) is 42.5 Å². The molecule has 0 spiro atoms. The summed E-state index contributed by atoms with van der Waals surface area (Å²) in [4.78, 5) is 10.2. The predicted molar refractivity (Wildman–Crippen MR) is 85.9 cm³/mol. The minimum atomic E-state index is -3.77. The number of methoxy groups -OCH3 is 1. The summed E-state index contributed by atoms with van der Waals surface area (Å²) in [5, 5.41) is 0. The summed E-state index contributed by atoms with van der Waals surface area (Å²) in [6.07, 6.45) is 3.69. The second kappa shape index (κ2) is 6.70. The van der Waals surface area contributed by atoms with Gasteiger partial charge in [-0.1, -0.05) is 6.07 Å². The highest BCUT2D eigenvalue weighted by atomic mass is 32.2. The Morgan fingerprint density at radius 3 is 2.88 bits per heavy atom. The molecule has 2 aromatic rings. The van der Waals surface area contributed by atoms with E-state index in [0.717, 1.165) is 6.07 Å². The molecular formula is C15H17FN4O3S. The summed E-state index contributed by atoms with van der Waals surface area (Å²) in [6, 6.07) is 4.64. The van der Waals surface area contributed by atoms with Gasteiger partial charge in [-0.15, -0.1) is 0 Å². The Labute approximate surface area is 139 Å². The SMILES string of the molecule is COc1nccnc1N1CC[C@@H](NS(=O)(=O)c2cccc(F)c2)C1. The Hall–Kier alpha value is -2.26. The maximum absolute atomic E-state index is 13.2. The fraction of sp³-hybridized carbons (Fsp3) is 0.333. The highest BCUT2D eigenvalue weighted by Crippen LogP contribution is 2.26. The lowest BCUT2D eigenvalue weighted by molar-refractivity contribution is 0.396. The molecule has 2 heterocycles. The first-order valence-corrected chi connectivity index (χ1v) is 8.86. The summed E-state index contributed by atoms with van der Waals surface area (Å²) >= 11 is 0. The zero-order valence-electron chi connectivity index (χ0n) is 13.0. The molecule has 24 heavy (non-hydrogen) atoms. The molecule has 0 aliphatic carbocycles. The number of hydrogen-bond donors (Lipinski definition) is 1. The van der Waals surface area contributed by atoms with Crippen LogP contribution >= 0.6 is 0 Å². The summed E-state index contributed by atoms with van der Waals surface area (Å²) in [5.41, 5.74) is 0. The van der Waals surface area contributed by atoms with Crippen LogP contribution in [0.25, 0.3) is 0 Å². The summed E-state index contributed by atoms with van der Waals surface area (Å²) in [6.45, 7) is 1.05. The van der Waals surface area contributed by atoms with Gasteiger partial charge in [0.2, 0.25) is 10.0 Å². The molecule has 9 heteroatoms. The topological polar surface area (TPSA) is 84.4 Å². The van der Waals surface area contributed by atoms with E-state index in [1.54, 1.807) is 6.20 Å². The van der Waals surface area contributed by atoms with E-state index in [1.807, 2.05) is 4.90 Å². The van der Waals surface area contributed by atoms with Crippen LogP contribution in [0.15, 0.2) is 41.6 Å². The summed E-state index contributed by atoms with van der Waals surface area (Å²) in [5.74, 6) is 0.383.